The quantitative estimate of drug-likeness (QED) is 0.920. The van der Waals surface area contributed by atoms with Gasteiger partial charge in [0, 0.05) is 10.0 Å². The van der Waals surface area contributed by atoms with Gasteiger partial charge >= 0.3 is 6.01 Å². The predicted molar refractivity (Wildman–Crippen MR) is 75.1 cm³/mol. The fraction of sp³-hybridized carbons (Fsp3) is 0.273. The molecular formula is C11H12BrN3O3S. The van der Waals surface area contributed by atoms with Gasteiger partial charge in [-0.25, -0.2) is 13.1 Å². The summed E-state index contributed by atoms with van der Waals surface area (Å²) in [4.78, 5) is 3.99. The molecule has 0 amide bonds. The third-order valence-electron chi connectivity index (χ3n) is 2.38. The van der Waals surface area contributed by atoms with Crippen LogP contribution in [0.15, 0.2) is 33.3 Å². The first-order chi connectivity index (χ1) is 8.88. The first-order valence-corrected chi connectivity index (χ1v) is 7.84. The molecule has 0 aliphatic rings. The minimum Gasteiger partial charge on any atom is -0.314 e. The highest BCUT2D eigenvalue weighted by Gasteiger charge is 2.19. The van der Waals surface area contributed by atoms with Crippen molar-refractivity contribution in [3.63, 3.8) is 0 Å². The molecule has 1 N–H and O–H groups in total. The van der Waals surface area contributed by atoms with Crippen LogP contribution in [0.5, 0.6) is 0 Å². The highest BCUT2D eigenvalue weighted by atomic mass is 79.9. The Bertz CT molecular complexity index is 665. The van der Waals surface area contributed by atoms with Crippen LogP contribution < -0.4 is 4.72 Å². The first kappa shape index (κ1) is 14.0. The third kappa shape index (κ3) is 3.32. The minimum absolute atomic E-state index is 0.133. The van der Waals surface area contributed by atoms with Gasteiger partial charge in [-0.2, -0.15) is 4.98 Å². The van der Waals surface area contributed by atoms with Gasteiger partial charge in [-0.1, -0.05) is 21.1 Å². The van der Waals surface area contributed by atoms with Crippen molar-refractivity contribution in [2.24, 2.45) is 0 Å². The second-order valence-corrected chi connectivity index (χ2v) is 7.28. The molecule has 2 rings (SSSR count). The molecule has 6 nitrogen and oxygen atoms in total. The van der Waals surface area contributed by atoms with Crippen molar-refractivity contribution in [2.75, 3.05) is 4.72 Å². The molecule has 1 heterocycles. The van der Waals surface area contributed by atoms with Crippen LogP contribution in [0.2, 0.25) is 0 Å². The average molecular weight is 346 g/mol. The molecule has 0 bridgehead atoms. The molecule has 0 radical (unpaired) electrons. The molecule has 102 valence electrons. The number of nitrogens with one attached hydrogen (secondary N) is 1. The molecule has 0 unspecified atom stereocenters. The Hall–Kier alpha value is -1.41. The zero-order valence-electron chi connectivity index (χ0n) is 10.3. The Morgan fingerprint density at radius 1 is 1.26 bits per heavy atom. The van der Waals surface area contributed by atoms with Crippen LogP contribution in [0.3, 0.4) is 0 Å². The van der Waals surface area contributed by atoms with E-state index in [0.717, 1.165) is 10.0 Å². The number of sulfonamides is 1. The van der Waals surface area contributed by atoms with E-state index in [0.29, 0.717) is 5.82 Å². The lowest BCUT2D eigenvalue weighted by Crippen LogP contribution is -2.22. The molecule has 8 heteroatoms. The van der Waals surface area contributed by atoms with Gasteiger partial charge in [0.1, 0.15) is 0 Å². The normalized spacial score (nSPS) is 11.8. The van der Waals surface area contributed by atoms with E-state index in [1.54, 1.807) is 26.0 Å². The number of nitrogens with zero attached hydrogens (tertiary/aromatic N) is 2. The number of hydrogen-bond donors (Lipinski definition) is 1. The number of rotatable bonds is 4. The molecule has 0 fully saturated rings. The Morgan fingerprint density at radius 3 is 2.47 bits per heavy atom. The zero-order chi connectivity index (χ0) is 14.0. The highest BCUT2D eigenvalue weighted by Crippen LogP contribution is 2.20. The van der Waals surface area contributed by atoms with Crippen molar-refractivity contribution < 1.29 is 12.9 Å². The highest BCUT2D eigenvalue weighted by molar-refractivity contribution is 9.10. The van der Waals surface area contributed by atoms with E-state index in [9.17, 15) is 8.42 Å². The molecule has 0 saturated carbocycles. The second-order valence-electron chi connectivity index (χ2n) is 4.13. The van der Waals surface area contributed by atoms with Gasteiger partial charge in [-0.15, -0.1) is 0 Å². The summed E-state index contributed by atoms with van der Waals surface area (Å²) in [7, 11) is -3.48. The molecule has 19 heavy (non-hydrogen) atoms. The summed E-state index contributed by atoms with van der Waals surface area (Å²) in [5.74, 6) is 0.328. The monoisotopic (exact) mass is 345 g/mol. The maximum Gasteiger partial charge on any atom is 0.335 e. The molecule has 0 aliphatic heterocycles. The summed E-state index contributed by atoms with van der Waals surface area (Å²) in [6, 6.07) is 7.14. The van der Waals surface area contributed by atoms with Crippen LogP contribution in [-0.2, 0) is 10.0 Å². The van der Waals surface area contributed by atoms with E-state index < -0.39 is 15.3 Å². The SMILES string of the molecule is CC(C)S(=O)(=O)Nc1nc(-c2ccc(Br)cc2)no1. The zero-order valence-corrected chi connectivity index (χ0v) is 12.7. The van der Waals surface area contributed by atoms with Crippen LogP contribution >= 0.6 is 15.9 Å². The summed E-state index contributed by atoms with van der Waals surface area (Å²) >= 11 is 3.32. The summed E-state index contributed by atoms with van der Waals surface area (Å²) < 4.78 is 31.3. The van der Waals surface area contributed by atoms with Gasteiger partial charge in [0.25, 0.3) is 0 Å². The maximum atomic E-state index is 11.6. The van der Waals surface area contributed by atoms with Gasteiger partial charge in [0.2, 0.25) is 15.8 Å². The molecule has 1 aromatic heterocycles. The van der Waals surface area contributed by atoms with E-state index >= 15 is 0 Å². The van der Waals surface area contributed by atoms with Crippen molar-refractivity contribution in [1.82, 2.24) is 10.1 Å². The summed E-state index contributed by atoms with van der Waals surface area (Å²) in [5.41, 5.74) is 0.738. The Balaban J connectivity index is 2.22. The fourth-order valence-corrected chi connectivity index (χ4v) is 2.05. The van der Waals surface area contributed by atoms with Crippen LogP contribution in [0.25, 0.3) is 11.4 Å². The molecule has 0 spiro atoms. The van der Waals surface area contributed by atoms with Crippen LogP contribution in [0.1, 0.15) is 13.8 Å². The van der Waals surface area contributed by atoms with Gasteiger partial charge in [0.15, 0.2) is 0 Å². The maximum absolute atomic E-state index is 11.6. The molecule has 0 aliphatic carbocycles. The lowest BCUT2D eigenvalue weighted by molar-refractivity contribution is 0.435. The number of halogens is 1. The molecular weight excluding hydrogens is 334 g/mol. The van der Waals surface area contributed by atoms with Crippen LogP contribution in [0, 0.1) is 0 Å². The van der Waals surface area contributed by atoms with E-state index in [2.05, 4.69) is 30.8 Å². The lowest BCUT2D eigenvalue weighted by atomic mass is 10.2. The Labute approximate surface area is 119 Å². The molecule has 0 saturated heterocycles. The predicted octanol–water partition coefficient (Wildman–Crippen LogP) is 2.65. The third-order valence-corrected chi connectivity index (χ3v) is 4.61. The summed E-state index contributed by atoms with van der Waals surface area (Å²) in [6.45, 7) is 3.13. The minimum atomic E-state index is -3.48. The average Bonchev–Trinajstić information content (AvgIpc) is 2.77. The number of aromatic nitrogens is 2. The summed E-state index contributed by atoms with van der Waals surface area (Å²) in [5, 5.41) is 3.16. The number of anilines is 1. The van der Waals surface area contributed by atoms with Gasteiger partial charge in [-0.3, -0.25) is 0 Å². The van der Waals surface area contributed by atoms with E-state index in [-0.39, 0.29) is 6.01 Å². The molecule has 1 aromatic carbocycles. The van der Waals surface area contributed by atoms with Gasteiger partial charge in [0.05, 0.1) is 5.25 Å². The number of benzene rings is 1. The van der Waals surface area contributed by atoms with Crippen molar-refractivity contribution >= 4 is 32.0 Å². The van der Waals surface area contributed by atoms with E-state index in [1.807, 2.05) is 12.1 Å². The van der Waals surface area contributed by atoms with Crippen LogP contribution in [0.4, 0.5) is 6.01 Å². The van der Waals surface area contributed by atoms with E-state index in [1.165, 1.54) is 0 Å². The lowest BCUT2D eigenvalue weighted by Gasteiger charge is -2.05. The Kier molecular flexibility index (Phi) is 3.91. The Morgan fingerprint density at radius 2 is 1.89 bits per heavy atom. The van der Waals surface area contributed by atoms with Gasteiger partial charge in [-0.05, 0) is 38.1 Å². The second kappa shape index (κ2) is 5.30. The number of hydrogen-bond acceptors (Lipinski definition) is 5. The first-order valence-electron chi connectivity index (χ1n) is 5.50. The smallest absolute Gasteiger partial charge is 0.314 e. The largest absolute Gasteiger partial charge is 0.335 e. The van der Waals surface area contributed by atoms with Crippen molar-refractivity contribution in [2.45, 2.75) is 19.1 Å². The molecule has 2 aromatic rings. The van der Waals surface area contributed by atoms with Crippen LogP contribution in [-0.4, -0.2) is 23.8 Å². The fourth-order valence-electron chi connectivity index (χ4n) is 1.22. The van der Waals surface area contributed by atoms with E-state index in [4.69, 9.17) is 4.52 Å². The van der Waals surface area contributed by atoms with Gasteiger partial charge < -0.3 is 4.52 Å². The van der Waals surface area contributed by atoms with Crippen molar-refractivity contribution in [3.05, 3.63) is 28.7 Å². The topological polar surface area (TPSA) is 85.1 Å². The van der Waals surface area contributed by atoms with Crippen molar-refractivity contribution in [3.8, 4) is 11.4 Å². The molecule has 0 atom stereocenters. The van der Waals surface area contributed by atoms with Crippen molar-refractivity contribution in [1.29, 1.82) is 0 Å². The standard InChI is InChI=1S/C11H12BrN3O3S/c1-7(2)19(16,17)15-11-13-10(14-18-11)8-3-5-9(12)6-4-8/h3-7H,1-2H3,(H,13,14,15). The summed E-state index contributed by atoms with van der Waals surface area (Å²) in [6.07, 6.45) is 0.